The summed E-state index contributed by atoms with van der Waals surface area (Å²) in [6, 6.07) is 9.17. The zero-order chi connectivity index (χ0) is 25.6. The van der Waals surface area contributed by atoms with Crippen LogP contribution in [0.15, 0.2) is 30.3 Å². The van der Waals surface area contributed by atoms with Gasteiger partial charge in [-0.25, -0.2) is 0 Å². The van der Waals surface area contributed by atoms with Gasteiger partial charge >= 0.3 is 0 Å². The number of unbranched alkanes of at least 4 members (excludes halogenated alkanes) is 12. The predicted molar refractivity (Wildman–Crippen MR) is 161 cm³/mol. The second-order valence-corrected chi connectivity index (χ2v) is 15.5. The maximum Gasteiger partial charge on any atom is 0.157 e. The largest absolute Gasteiger partial charge is 1.00 e. The average molecular weight is 586 g/mol. The van der Waals surface area contributed by atoms with Crippen LogP contribution in [0.5, 0.6) is 0 Å². The van der Waals surface area contributed by atoms with Gasteiger partial charge in [-0.1, -0.05) is 102 Å². The molecule has 0 saturated carbocycles. The molecule has 1 rings (SSSR count). The van der Waals surface area contributed by atoms with Gasteiger partial charge in [0.05, 0.1) is 25.3 Å². The van der Waals surface area contributed by atoms with Crippen LogP contribution < -0.4 is 22.3 Å². The lowest BCUT2D eigenvalue weighted by molar-refractivity contribution is -0.148. The lowest BCUT2D eigenvalue weighted by Gasteiger charge is -2.19. The molecule has 0 aliphatic rings. The zero-order valence-corrected chi connectivity index (χ0v) is 26.9. The first-order valence-electron chi connectivity index (χ1n) is 14.8. The average Bonchev–Trinajstić information content (AvgIpc) is 2.84. The Morgan fingerprint density at radius 2 is 1.17 bits per heavy atom. The van der Waals surface area contributed by atoms with Crippen molar-refractivity contribution in [2.45, 2.75) is 123 Å². The second kappa shape index (κ2) is 23.9. The molecular formula is C32H58BrO2P. The highest BCUT2D eigenvalue weighted by Gasteiger charge is 2.20. The van der Waals surface area contributed by atoms with Crippen molar-refractivity contribution in [3.63, 3.8) is 0 Å². The fourth-order valence-electron chi connectivity index (χ4n) is 4.23. The van der Waals surface area contributed by atoms with E-state index in [0.717, 1.165) is 19.6 Å². The number of benzene rings is 1. The molecule has 0 N–H and O–H groups in total. The van der Waals surface area contributed by atoms with E-state index in [1.165, 1.54) is 107 Å². The summed E-state index contributed by atoms with van der Waals surface area (Å²) in [5.41, 5.74) is 1.33. The molecule has 4 heteroatoms. The van der Waals surface area contributed by atoms with Crippen molar-refractivity contribution in [1.82, 2.24) is 0 Å². The first-order valence-corrected chi connectivity index (χ1v) is 17.9. The lowest BCUT2D eigenvalue weighted by Crippen LogP contribution is -3.00. The van der Waals surface area contributed by atoms with E-state index in [-0.39, 0.29) is 23.3 Å². The Morgan fingerprint density at radius 1 is 0.667 bits per heavy atom. The topological polar surface area (TPSA) is 18.5 Å². The molecule has 1 aromatic carbocycles. The maximum absolute atomic E-state index is 6.10. The minimum atomic E-state index is -0.903. The van der Waals surface area contributed by atoms with Crippen molar-refractivity contribution in [3.8, 4) is 0 Å². The quantitative estimate of drug-likeness (QED) is 0.0793. The smallest absolute Gasteiger partial charge is 0.157 e. The molecule has 0 fully saturated rings. The normalized spacial score (nSPS) is 11.9. The molecule has 0 atom stereocenters. The Labute approximate surface area is 236 Å². The van der Waals surface area contributed by atoms with Gasteiger partial charge in [-0.2, -0.15) is 0 Å². The van der Waals surface area contributed by atoms with E-state index in [9.17, 15) is 0 Å². The molecule has 0 unspecified atom stereocenters. The minimum Gasteiger partial charge on any atom is -1.00 e. The molecular weight excluding hydrogens is 527 g/mol. The number of halogens is 1. The SMILES string of the molecule is CCCCCCOC(CCCCCCCCC=Cc1ccc([P+](C)(C)C)cc1)OCCCCCC.[Br-]. The number of hydrogen-bond donors (Lipinski definition) is 0. The maximum atomic E-state index is 6.10. The first-order chi connectivity index (χ1) is 17.0. The van der Waals surface area contributed by atoms with Crippen LogP contribution in [-0.2, 0) is 9.47 Å². The van der Waals surface area contributed by atoms with E-state index < -0.39 is 7.26 Å². The third-order valence-corrected chi connectivity index (χ3v) is 8.49. The Balaban J connectivity index is 0.0000122. The summed E-state index contributed by atoms with van der Waals surface area (Å²) < 4.78 is 12.2. The van der Waals surface area contributed by atoms with Crippen LogP contribution in [0.2, 0.25) is 0 Å². The molecule has 0 aliphatic heterocycles. The van der Waals surface area contributed by atoms with Crippen LogP contribution >= 0.6 is 7.26 Å². The number of rotatable bonds is 23. The molecule has 2 nitrogen and oxygen atoms in total. The summed E-state index contributed by atoms with van der Waals surface area (Å²) in [6.45, 7) is 13.4. The molecule has 210 valence electrons. The van der Waals surface area contributed by atoms with Crippen molar-refractivity contribution in [2.75, 3.05) is 33.2 Å². The zero-order valence-electron chi connectivity index (χ0n) is 24.4. The van der Waals surface area contributed by atoms with Gasteiger partial charge in [-0.05, 0) is 56.2 Å². The van der Waals surface area contributed by atoms with Gasteiger partial charge in [-0.15, -0.1) is 0 Å². The first kappa shape index (κ1) is 35.8. The van der Waals surface area contributed by atoms with Crippen LogP contribution in [0.25, 0.3) is 6.08 Å². The molecule has 0 spiro atoms. The van der Waals surface area contributed by atoms with E-state index in [1.807, 2.05) is 0 Å². The molecule has 0 aliphatic carbocycles. The Morgan fingerprint density at radius 3 is 1.69 bits per heavy atom. The van der Waals surface area contributed by atoms with Crippen LogP contribution in [-0.4, -0.2) is 39.5 Å². The summed E-state index contributed by atoms with van der Waals surface area (Å²) in [6.07, 6.45) is 24.8. The Kier molecular flexibility index (Phi) is 23.7. The third-order valence-electron chi connectivity index (χ3n) is 6.64. The summed E-state index contributed by atoms with van der Waals surface area (Å²) in [4.78, 5) is 0. The number of ether oxygens (including phenoxy) is 2. The number of allylic oxidation sites excluding steroid dienone is 1. The van der Waals surface area contributed by atoms with Gasteiger partial charge in [0.25, 0.3) is 0 Å². The molecule has 0 radical (unpaired) electrons. The lowest BCUT2D eigenvalue weighted by atomic mass is 10.1. The van der Waals surface area contributed by atoms with Crippen LogP contribution in [0.4, 0.5) is 0 Å². The van der Waals surface area contributed by atoms with E-state index in [1.54, 1.807) is 0 Å². The van der Waals surface area contributed by atoms with Gasteiger partial charge in [0.1, 0.15) is 0 Å². The number of hydrogen-bond acceptors (Lipinski definition) is 2. The second-order valence-electron chi connectivity index (χ2n) is 11.0. The van der Waals surface area contributed by atoms with E-state index >= 15 is 0 Å². The molecule has 36 heavy (non-hydrogen) atoms. The molecule has 1 aromatic rings. The van der Waals surface area contributed by atoms with E-state index in [2.05, 4.69) is 70.3 Å². The van der Waals surface area contributed by atoms with Crippen LogP contribution in [0.3, 0.4) is 0 Å². The molecule has 0 heterocycles. The highest BCUT2D eigenvalue weighted by atomic mass is 79.9. The van der Waals surface area contributed by atoms with E-state index in [0.29, 0.717) is 0 Å². The third kappa shape index (κ3) is 19.8. The van der Waals surface area contributed by atoms with Crippen molar-refractivity contribution < 1.29 is 26.5 Å². The summed E-state index contributed by atoms with van der Waals surface area (Å²) in [5, 5.41) is 1.51. The van der Waals surface area contributed by atoms with Crippen molar-refractivity contribution >= 4 is 18.6 Å². The van der Waals surface area contributed by atoms with Crippen molar-refractivity contribution in [2.24, 2.45) is 0 Å². The van der Waals surface area contributed by atoms with Crippen molar-refractivity contribution in [1.29, 1.82) is 0 Å². The predicted octanol–water partition coefficient (Wildman–Crippen LogP) is 6.88. The fraction of sp³-hybridized carbons (Fsp3) is 0.750. The van der Waals surface area contributed by atoms with Gasteiger partial charge in [-0.3, -0.25) is 0 Å². The molecule has 0 amide bonds. The van der Waals surface area contributed by atoms with Gasteiger partial charge in [0, 0.05) is 20.5 Å². The van der Waals surface area contributed by atoms with Crippen molar-refractivity contribution in [3.05, 3.63) is 35.9 Å². The Bertz CT molecular complexity index is 610. The van der Waals surface area contributed by atoms with Crippen LogP contribution in [0, 0.1) is 0 Å². The van der Waals surface area contributed by atoms with E-state index in [4.69, 9.17) is 9.47 Å². The standard InChI is InChI=1S/C32H58O2P.BrH/c1-6-8-10-20-28-33-32(34-29-21-11-9-7-2)23-19-17-15-13-12-14-16-18-22-30-24-26-31(27-25-30)35(3,4)5;/h18,22,24-27,32H,6-17,19-21,23,28-29H2,1-5H3;1H/q+1;/p-1. The molecule has 0 saturated heterocycles. The van der Waals surface area contributed by atoms with Gasteiger partial charge in [0.2, 0.25) is 0 Å². The summed E-state index contributed by atoms with van der Waals surface area (Å²) >= 11 is 0. The highest BCUT2D eigenvalue weighted by molar-refractivity contribution is 7.80. The highest BCUT2D eigenvalue weighted by Crippen LogP contribution is 2.44. The molecule has 0 bridgehead atoms. The van der Waals surface area contributed by atoms with Gasteiger partial charge in [0.15, 0.2) is 6.29 Å². The summed E-state index contributed by atoms with van der Waals surface area (Å²) in [7, 11) is -0.903. The van der Waals surface area contributed by atoms with Gasteiger partial charge < -0.3 is 26.5 Å². The van der Waals surface area contributed by atoms with Crippen LogP contribution in [0.1, 0.15) is 122 Å². The monoisotopic (exact) mass is 584 g/mol. The fourth-order valence-corrected chi connectivity index (χ4v) is 5.28. The Hall–Kier alpha value is -0.210. The minimum absolute atomic E-state index is 0. The summed E-state index contributed by atoms with van der Waals surface area (Å²) in [5.74, 6) is 0. The molecule has 0 aromatic heterocycles.